The Morgan fingerprint density at radius 3 is 3.12 bits per heavy atom. The van der Waals surface area contributed by atoms with Gasteiger partial charge in [-0.1, -0.05) is 0 Å². The molecule has 0 unspecified atom stereocenters. The number of fused-ring (bicyclic) bond motifs is 1. The number of hydrogen-bond donors (Lipinski definition) is 1. The van der Waals surface area contributed by atoms with Crippen molar-refractivity contribution in [2.75, 3.05) is 0 Å². The lowest BCUT2D eigenvalue weighted by Crippen LogP contribution is -1.95. The normalized spacial score (nSPS) is 11.1. The minimum atomic E-state index is 0.196. The Bertz CT molecular complexity index is 617. The van der Waals surface area contributed by atoms with E-state index in [2.05, 4.69) is 19.9 Å². The Kier molecular flexibility index (Phi) is 2.11. The zero-order valence-corrected chi connectivity index (χ0v) is 8.90. The van der Waals surface area contributed by atoms with Crippen molar-refractivity contribution in [3.8, 4) is 0 Å². The summed E-state index contributed by atoms with van der Waals surface area (Å²) in [5.74, 6) is 0.825. The van der Waals surface area contributed by atoms with Crippen LogP contribution in [0, 0.1) is 0 Å². The molecule has 80 valence electrons. The molecule has 3 heterocycles. The third-order valence-corrected chi connectivity index (χ3v) is 2.42. The number of rotatable bonds is 2. The SMILES string of the molecule is Clc1nc(Cc2ccco2)c2[nH]cnc2n1. The first-order valence-electron chi connectivity index (χ1n) is 4.71. The van der Waals surface area contributed by atoms with E-state index in [-0.39, 0.29) is 5.28 Å². The fourth-order valence-corrected chi connectivity index (χ4v) is 1.75. The minimum absolute atomic E-state index is 0.196. The lowest BCUT2D eigenvalue weighted by molar-refractivity contribution is 0.519. The van der Waals surface area contributed by atoms with Crippen LogP contribution in [0.15, 0.2) is 29.1 Å². The molecule has 0 amide bonds. The number of imidazole rings is 1. The molecule has 5 nitrogen and oxygen atoms in total. The lowest BCUT2D eigenvalue weighted by Gasteiger charge is -1.99. The van der Waals surface area contributed by atoms with Gasteiger partial charge in [0.2, 0.25) is 5.28 Å². The summed E-state index contributed by atoms with van der Waals surface area (Å²) < 4.78 is 5.26. The first-order chi connectivity index (χ1) is 7.83. The van der Waals surface area contributed by atoms with E-state index in [1.807, 2.05) is 12.1 Å². The molecule has 0 fully saturated rings. The van der Waals surface area contributed by atoms with Crippen molar-refractivity contribution < 1.29 is 4.42 Å². The highest BCUT2D eigenvalue weighted by atomic mass is 35.5. The molecule has 0 aliphatic carbocycles. The average molecular weight is 235 g/mol. The van der Waals surface area contributed by atoms with Gasteiger partial charge in [0.25, 0.3) is 0 Å². The van der Waals surface area contributed by atoms with Crippen LogP contribution in [0.3, 0.4) is 0 Å². The summed E-state index contributed by atoms with van der Waals surface area (Å²) >= 11 is 5.81. The number of H-pyrrole nitrogens is 1. The van der Waals surface area contributed by atoms with E-state index in [0.717, 1.165) is 17.0 Å². The number of aromatic amines is 1. The van der Waals surface area contributed by atoms with Crippen LogP contribution in [0.5, 0.6) is 0 Å². The van der Waals surface area contributed by atoms with Crippen LogP contribution >= 0.6 is 11.6 Å². The smallest absolute Gasteiger partial charge is 0.224 e. The van der Waals surface area contributed by atoms with Gasteiger partial charge in [-0.3, -0.25) is 0 Å². The highest BCUT2D eigenvalue weighted by molar-refractivity contribution is 6.28. The monoisotopic (exact) mass is 234 g/mol. The maximum Gasteiger partial charge on any atom is 0.224 e. The van der Waals surface area contributed by atoms with Crippen molar-refractivity contribution in [1.29, 1.82) is 0 Å². The Morgan fingerprint density at radius 2 is 2.31 bits per heavy atom. The van der Waals surface area contributed by atoms with E-state index in [9.17, 15) is 0 Å². The Balaban J connectivity index is 2.11. The van der Waals surface area contributed by atoms with Crippen molar-refractivity contribution >= 4 is 22.8 Å². The van der Waals surface area contributed by atoms with Crippen LogP contribution < -0.4 is 0 Å². The zero-order chi connectivity index (χ0) is 11.0. The minimum Gasteiger partial charge on any atom is -0.469 e. The third-order valence-electron chi connectivity index (χ3n) is 2.26. The summed E-state index contributed by atoms with van der Waals surface area (Å²) in [4.78, 5) is 15.2. The molecule has 0 bridgehead atoms. The van der Waals surface area contributed by atoms with Crippen molar-refractivity contribution in [3.05, 3.63) is 41.5 Å². The quantitative estimate of drug-likeness (QED) is 0.690. The third kappa shape index (κ3) is 1.55. The predicted molar refractivity (Wildman–Crippen MR) is 58.2 cm³/mol. The molecule has 3 aromatic rings. The maximum absolute atomic E-state index is 5.81. The molecule has 1 N–H and O–H groups in total. The number of hydrogen-bond acceptors (Lipinski definition) is 4. The molecule has 6 heteroatoms. The largest absolute Gasteiger partial charge is 0.469 e. The fraction of sp³-hybridized carbons (Fsp3) is 0.100. The van der Waals surface area contributed by atoms with Crippen LogP contribution in [-0.4, -0.2) is 19.9 Å². The average Bonchev–Trinajstić information content (AvgIpc) is 2.87. The van der Waals surface area contributed by atoms with Gasteiger partial charge >= 0.3 is 0 Å². The highest BCUT2D eigenvalue weighted by Crippen LogP contribution is 2.17. The molecule has 3 aromatic heterocycles. The van der Waals surface area contributed by atoms with Gasteiger partial charge < -0.3 is 9.40 Å². The van der Waals surface area contributed by atoms with E-state index >= 15 is 0 Å². The van der Waals surface area contributed by atoms with Crippen LogP contribution in [0.2, 0.25) is 5.28 Å². The Morgan fingerprint density at radius 1 is 1.38 bits per heavy atom. The van der Waals surface area contributed by atoms with Gasteiger partial charge in [0.1, 0.15) is 11.3 Å². The first-order valence-corrected chi connectivity index (χ1v) is 5.08. The van der Waals surface area contributed by atoms with Gasteiger partial charge in [-0.15, -0.1) is 0 Å². The topological polar surface area (TPSA) is 67.6 Å². The summed E-state index contributed by atoms with van der Waals surface area (Å²) in [7, 11) is 0. The number of aromatic nitrogens is 4. The van der Waals surface area contributed by atoms with Crippen molar-refractivity contribution in [2.45, 2.75) is 6.42 Å². The van der Waals surface area contributed by atoms with Crippen LogP contribution in [0.4, 0.5) is 0 Å². The lowest BCUT2D eigenvalue weighted by atomic mass is 10.2. The molecule has 0 saturated heterocycles. The highest BCUT2D eigenvalue weighted by Gasteiger charge is 2.10. The Hall–Kier alpha value is -1.88. The van der Waals surface area contributed by atoms with Crippen LogP contribution in [0.25, 0.3) is 11.2 Å². The second-order valence-corrected chi connectivity index (χ2v) is 3.63. The van der Waals surface area contributed by atoms with Crippen molar-refractivity contribution in [1.82, 2.24) is 19.9 Å². The molecule has 0 atom stereocenters. The van der Waals surface area contributed by atoms with Gasteiger partial charge in [0.05, 0.1) is 24.7 Å². The van der Waals surface area contributed by atoms with E-state index < -0.39 is 0 Å². The first kappa shape index (κ1) is 9.35. The summed E-state index contributed by atoms with van der Waals surface area (Å²) in [6.45, 7) is 0. The van der Waals surface area contributed by atoms with Crippen molar-refractivity contribution in [2.24, 2.45) is 0 Å². The van der Waals surface area contributed by atoms with E-state index in [0.29, 0.717) is 12.1 Å². The van der Waals surface area contributed by atoms with E-state index in [1.54, 1.807) is 12.6 Å². The maximum atomic E-state index is 5.81. The summed E-state index contributed by atoms with van der Waals surface area (Å²) in [5, 5.41) is 0.196. The fourth-order valence-electron chi connectivity index (χ4n) is 1.57. The molecule has 0 spiro atoms. The molecule has 16 heavy (non-hydrogen) atoms. The molecule has 0 aliphatic rings. The summed E-state index contributed by atoms with van der Waals surface area (Å²) in [5.41, 5.74) is 2.14. The Labute approximate surface area is 95.5 Å². The van der Waals surface area contributed by atoms with E-state index in [4.69, 9.17) is 16.0 Å². The van der Waals surface area contributed by atoms with Gasteiger partial charge in [0.15, 0.2) is 5.65 Å². The molecule has 0 saturated carbocycles. The van der Waals surface area contributed by atoms with Crippen LogP contribution in [0.1, 0.15) is 11.5 Å². The number of halogens is 1. The standard InChI is InChI=1S/C10H7ClN4O/c11-10-14-7(4-6-2-1-3-16-6)8-9(15-10)13-5-12-8/h1-3,5H,4H2,(H,12,13,14,15). The number of nitrogens with zero attached hydrogens (tertiary/aromatic N) is 3. The number of furan rings is 1. The second-order valence-electron chi connectivity index (χ2n) is 3.30. The van der Waals surface area contributed by atoms with Gasteiger partial charge in [-0.05, 0) is 23.7 Å². The zero-order valence-electron chi connectivity index (χ0n) is 8.14. The molecular formula is C10H7ClN4O. The van der Waals surface area contributed by atoms with Gasteiger partial charge in [-0.25, -0.2) is 9.97 Å². The molecule has 3 rings (SSSR count). The van der Waals surface area contributed by atoms with Gasteiger partial charge in [0, 0.05) is 0 Å². The summed E-state index contributed by atoms with van der Waals surface area (Å²) in [6, 6.07) is 3.72. The van der Waals surface area contributed by atoms with E-state index in [1.165, 1.54) is 0 Å². The number of nitrogens with one attached hydrogen (secondary N) is 1. The molecule has 0 radical (unpaired) electrons. The van der Waals surface area contributed by atoms with Crippen LogP contribution in [-0.2, 0) is 6.42 Å². The molecule has 0 aliphatic heterocycles. The molecule has 0 aromatic carbocycles. The van der Waals surface area contributed by atoms with Gasteiger partial charge in [-0.2, -0.15) is 4.98 Å². The summed E-state index contributed by atoms with van der Waals surface area (Å²) in [6.07, 6.45) is 3.76. The predicted octanol–water partition coefficient (Wildman–Crippen LogP) is 2.19. The molecular weight excluding hydrogens is 228 g/mol. The van der Waals surface area contributed by atoms with Crippen molar-refractivity contribution in [3.63, 3.8) is 0 Å². The second kappa shape index (κ2) is 3.61.